The first-order valence-corrected chi connectivity index (χ1v) is 5.11. The van der Waals surface area contributed by atoms with Gasteiger partial charge in [0.2, 0.25) is 0 Å². The Morgan fingerprint density at radius 2 is 2.13 bits per heavy atom. The predicted octanol–water partition coefficient (Wildman–Crippen LogP) is 1.81. The van der Waals surface area contributed by atoms with Gasteiger partial charge in [-0.3, -0.25) is 0 Å². The van der Waals surface area contributed by atoms with Crippen molar-refractivity contribution in [1.29, 1.82) is 0 Å². The molecule has 4 N–H and O–H groups in total. The molecule has 2 amide bonds. The van der Waals surface area contributed by atoms with Crippen molar-refractivity contribution in [3.63, 3.8) is 0 Å². The van der Waals surface area contributed by atoms with Crippen molar-refractivity contribution >= 4 is 23.3 Å². The Balaban J connectivity index is 2.41. The maximum atomic E-state index is 11.3. The van der Waals surface area contributed by atoms with Crippen LogP contribution in [-0.2, 0) is 0 Å². The van der Waals surface area contributed by atoms with Gasteiger partial charge in [0.1, 0.15) is 0 Å². The van der Waals surface area contributed by atoms with Crippen molar-refractivity contribution in [2.24, 2.45) is 5.73 Å². The van der Waals surface area contributed by atoms with Crippen LogP contribution < -0.4 is 16.4 Å². The summed E-state index contributed by atoms with van der Waals surface area (Å²) >= 11 is 5.87. The lowest BCUT2D eigenvalue weighted by molar-refractivity contribution is 0.252. The van der Waals surface area contributed by atoms with Crippen LogP contribution >= 0.6 is 11.6 Å². The highest BCUT2D eigenvalue weighted by Crippen LogP contribution is 2.19. The predicted molar refractivity (Wildman–Crippen MR) is 62.1 cm³/mol. The summed E-state index contributed by atoms with van der Waals surface area (Å²) < 4.78 is 0. The van der Waals surface area contributed by atoms with E-state index in [2.05, 4.69) is 10.6 Å². The Morgan fingerprint density at radius 1 is 1.40 bits per heavy atom. The van der Waals surface area contributed by atoms with Crippen LogP contribution in [-0.4, -0.2) is 19.1 Å². The molecule has 1 aromatic carbocycles. The van der Waals surface area contributed by atoms with Crippen LogP contribution in [0.5, 0.6) is 0 Å². The number of rotatable bonds is 4. The van der Waals surface area contributed by atoms with Crippen molar-refractivity contribution in [2.45, 2.75) is 6.42 Å². The lowest BCUT2D eigenvalue weighted by Crippen LogP contribution is -2.30. The first-order chi connectivity index (χ1) is 7.24. The maximum absolute atomic E-state index is 11.3. The molecule has 15 heavy (non-hydrogen) atoms. The van der Waals surface area contributed by atoms with E-state index in [1.54, 1.807) is 24.3 Å². The Labute approximate surface area is 93.8 Å². The van der Waals surface area contributed by atoms with Crippen LogP contribution in [0, 0.1) is 0 Å². The summed E-state index contributed by atoms with van der Waals surface area (Å²) in [6.45, 7) is 1.12. The number of carbonyl (C=O) groups excluding carboxylic acids is 1. The molecule has 0 fully saturated rings. The number of amides is 2. The van der Waals surface area contributed by atoms with Crippen LogP contribution in [0.25, 0.3) is 0 Å². The molecule has 0 heterocycles. The van der Waals surface area contributed by atoms with E-state index < -0.39 is 0 Å². The van der Waals surface area contributed by atoms with Gasteiger partial charge in [-0.2, -0.15) is 0 Å². The average molecular weight is 228 g/mol. The van der Waals surface area contributed by atoms with E-state index in [1.165, 1.54) is 0 Å². The molecule has 0 saturated carbocycles. The zero-order valence-corrected chi connectivity index (χ0v) is 9.05. The second-order valence-corrected chi connectivity index (χ2v) is 3.41. The summed E-state index contributed by atoms with van der Waals surface area (Å²) in [5.41, 5.74) is 5.90. The molecule has 0 unspecified atom stereocenters. The summed E-state index contributed by atoms with van der Waals surface area (Å²) in [5, 5.41) is 5.84. The molecular weight excluding hydrogens is 214 g/mol. The summed E-state index contributed by atoms with van der Waals surface area (Å²) in [4.78, 5) is 11.3. The molecule has 0 aliphatic rings. The Morgan fingerprint density at radius 3 is 2.80 bits per heavy atom. The molecule has 82 valence electrons. The van der Waals surface area contributed by atoms with Gasteiger partial charge in [0, 0.05) is 6.54 Å². The number of nitrogens with two attached hydrogens (primary N) is 1. The molecule has 0 bridgehead atoms. The lowest BCUT2D eigenvalue weighted by atomic mass is 10.3. The molecule has 1 aromatic rings. The van der Waals surface area contributed by atoms with Crippen LogP contribution in [0.1, 0.15) is 6.42 Å². The molecule has 4 nitrogen and oxygen atoms in total. The zero-order valence-electron chi connectivity index (χ0n) is 8.29. The minimum absolute atomic E-state index is 0.267. The second kappa shape index (κ2) is 6.27. The summed E-state index contributed by atoms with van der Waals surface area (Å²) in [6, 6.07) is 6.81. The molecule has 1 rings (SSSR count). The minimum atomic E-state index is -0.267. The maximum Gasteiger partial charge on any atom is 0.319 e. The van der Waals surface area contributed by atoms with Crippen LogP contribution in [0.15, 0.2) is 24.3 Å². The van der Waals surface area contributed by atoms with Crippen LogP contribution in [0.3, 0.4) is 0 Å². The fraction of sp³-hybridized carbons (Fsp3) is 0.300. The number of para-hydroxylation sites is 1. The number of benzene rings is 1. The molecule has 0 aliphatic carbocycles. The Kier molecular flexibility index (Phi) is 4.93. The van der Waals surface area contributed by atoms with E-state index in [4.69, 9.17) is 17.3 Å². The Hall–Kier alpha value is -1.26. The van der Waals surface area contributed by atoms with Gasteiger partial charge in [-0.15, -0.1) is 0 Å². The standard InChI is InChI=1S/C10H14ClN3O/c11-8-4-1-2-5-9(8)14-10(15)13-7-3-6-12/h1-2,4-5H,3,6-7,12H2,(H2,13,14,15). The summed E-state index contributed by atoms with van der Waals surface area (Å²) in [5.74, 6) is 0. The fourth-order valence-corrected chi connectivity index (χ4v) is 1.22. The number of urea groups is 1. The SMILES string of the molecule is NCCCNC(=O)Nc1ccccc1Cl. The molecule has 0 atom stereocenters. The van der Waals surface area contributed by atoms with E-state index in [1.807, 2.05) is 0 Å². The van der Waals surface area contributed by atoms with Crippen molar-refractivity contribution in [2.75, 3.05) is 18.4 Å². The lowest BCUT2D eigenvalue weighted by Gasteiger charge is -2.07. The number of carbonyl (C=O) groups is 1. The minimum Gasteiger partial charge on any atom is -0.338 e. The zero-order chi connectivity index (χ0) is 11.1. The summed E-state index contributed by atoms with van der Waals surface area (Å²) in [6.07, 6.45) is 0.760. The van der Waals surface area contributed by atoms with Gasteiger partial charge in [0.15, 0.2) is 0 Å². The van der Waals surface area contributed by atoms with E-state index in [-0.39, 0.29) is 6.03 Å². The normalized spacial score (nSPS) is 9.73. The van der Waals surface area contributed by atoms with E-state index in [0.717, 1.165) is 6.42 Å². The van der Waals surface area contributed by atoms with Crippen molar-refractivity contribution < 1.29 is 4.79 Å². The molecule has 0 spiro atoms. The smallest absolute Gasteiger partial charge is 0.319 e. The number of hydrogen-bond donors (Lipinski definition) is 3. The third kappa shape index (κ3) is 4.18. The molecule has 5 heteroatoms. The molecular formula is C10H14ClN3O. The van der Waals surface area contributed by atoms with Gasteiger partial charge in [0.05, 0.1) is 10.7 Å². The van der Waals surface area contributed by atoms with Gasteiger partial charge in [-0.25, -0.2) is 4.79 Å². The summed E-state index contributed by atoms with van der Waals surface area (Å²) in [7, 11) is 0. The van der Waals surface area contributed by atoms with Crippen molar-refractivity contribution in [3.05, 3.63) is 29.3 Å². The van der Waals surface area contributed by atoms with Gasteiger partial charge in [0.25, 0.3) is 0 Å². The Bertz CT molecular complexity index is 330. The first-order valence-electron chi connectivity index (χ1n) is 4.73. The third-order valence-corrected chi connectivity index (χ3v) is 2.12. The monoisotopic (exact) mass is 227 g/mol. The van der Waals surface area contributed by atoms with E-state index in [9.17, 15) is 4.79 Å². The van der Waals surface area contributed by atoms with Gasteiger partial charge < -0.3 is 16.4 Å². The quantitative estimate of drug-likeness (QED) is 0.687. The van der Waals surface area contributed by atoms with E-state index >= 15 is 0 Å². The fourth-order valence-electron chi connectivity index (χ4n) is 1.03. The van der Waals surface area contributed by atoms with Gasteiger partial charge in [-0.05, 0) is 25.1 Å². The third-order valence-electron chi connectivity index (χ3n) is 1.79. The number of hydrogen-bond acceptors (Lipinski definition) is 2. The van der Waals surface area contributed by atoms with Gasteiger partial charge >= 0.3 is 6.03 Å². The van der Waals surface area contributed by atoms with E-state index in [0.29, 0.717) is 23.8 Å². The largest absolute Gasteiger partial charge is 0.338 e. The van der Waals surface area contributed by atoms with Crippen molar-refractivity contribution in [3.8, 4) is 0 Å². The molecule has 0 aromatic heterocycles. The van der Waals surface area contributed by atoms with Gasteiger partial charge in [-0.1, -0.05) is 23.7 Å². The average Bonchev–Trinajstić information content (AvgIpc) is 2.22. The highest BCUT2D eigenvalue weighted by Gasteiger charge is 2.03. The number of anilines is 1. The topological polar surface area (TPSA) is 67.1 Å². The van der Waals surface area contributed by atoms with Crippen LogP contribution in [0.4, 0.5) is 10.5 Å². The second-order valence-electron chi connectivity index (χ2n) is 3.00. The van der Waals surface area contributed by atoms with Crippen molar-refractivity contribution in [1.82, 2.24) is 5.32 Å². The molecule has 0 aliphatic heterocycles. The number of halogens is 1. The first kappa shape index (κ1) is 11.8. The van der Waals surface area contributed by atoms with Crippen LogP contribution in [0.2, 0.25) is 5.02 Å². The molecule has 0 saturated heterocycles. The molecule has 0 radical (unpaired) electrons. The number of nitrogens with one attached hydrogen (secondary N) is 2. The highest BCUT2D eigenvalue weighted by molar-refractivity contribution is 6.33. The highest BCUT2D eigenvalue weighted by atomic mass is 35.5.